The summed E-state index contributed by atoms with van der Waals surface area (Å²) in [4.78, 5) is 0. The largest absolute Gasteiger partial charge is 0.508 e. The third-order valence-electron chi connectivity index (χ3n) is 1.87. The van der Waals surface area contributed by atoms with E-state index in [1.54, 1.807) is 6.07 Å². The number of phenolic OH excluding ortho intramolecular Hbond substituents is 1. The second-order valence-electron chi connectivity index (χ2n) is 2.69. The zero-order valence-corrected chi connectivity index (χ0v) is 8.88. The van der Waals surface area contributed by atoms with Crippen LogP contribution in [-0.2, 0) is 5.88 Å². The van der Waals surface area contributed by atoms with E-state index in [4.69, 9.17) is 23.2 Å². The molecular formula is C9H6Cl2OS. The van der Waals surface area contributed by atoms with Gasteiger partial charge < -0.3 is 5.11 Å². The fourth-order valence-corrected chi connectivity index (χ4v) is 2.58. The molecule has 4 heteroatoms. The van der Waals surface area contributed by atoms with E-state index in [9.17, 15) is 5.11 Å². The maximum atomic E-state index is 9.50. The van der Waals surface area contributed by atoms with Crippen molar-refractivity contribution in [3.63, 3.8) is 0 Å². The maximum absolute atomic E-state index is 9.50. The van der Waals surface area contributed by atoms with Crippen LogP contribution in [0.15, 0.2) is 17.5 Å². The molecule has 2 rings (SSSR count). The van der Waals surface area contributed by atoms with Crippen LogP contribution in [0.3, 0.4) is 0 Å². The van der Waals surface area contributed by atoms with Gasteiger partial charge in [0.25, 0.3) is 0 Å². The topological polar surface area (TPSA) is 20.2 Å². The average molecular weight is 233 g/mol. The first-order valence-electron chi connectivity index (χ1n) is 3.67. The second-order valence-corrected chi connectivity index (χ2v) is 4.28. The van der Waals surface area contributed by atoms with E-state index in [1.807, 2.05) is 11.4 Å². The van der Waals surface area contributed by atoms with Crippen molar-refractivity contribution >= 4 is 44.6 Å². The summed E-state index contributed by atoms with van der Waals surface area (Å²) in [6, 6.07) is 3.53. The normalized spacial score (nSPS) is 10.9. The fourth-order valence-electron chi connectivity index (χ4n) is 1.18. The minimum absolute atomic E-state index is 0.237. The summed E-state index contributed by atoms with van der Waals surface area (Å²) in [7, 11) is 0. The number of hydrogen-bond acceptors (Lipinski definition) is 2. The minimum Gasteiger partial charge on any atom is -0.508 e. The molecule has 0 radical (unpaired) electrons. The van der Waals surface area contributed by atoms with Crippen molar-refractivity contribution in [1.82, 2.24) is 0 Å². The van der Waals surface area contributed by atoms with Crippen LogP contribution < -0.4 is 0 Å². The molecule has 0 atom stereocenters. The molecule has 0 aliphatic heterocycles. The minimum atomic E-state index is 0.237. The van der Waals surface area contributed by atoms with E-state index in [1.165, 1.54) is 11.3 Å². The van der Waals surface area contributed by atoms with Crippen molar-refractivity contribution in [3.8, 4) is 5.75 Å². The predicted octanol–water partition coefficient (Wildman–Crippen LogP) is 4.00. The van der Waals surface area contributed by atoms with Crippen LogP contribution >= 0.6 is 34.5 Å². The summed E-state index contributed by atoms with van der Waals surface area (Å²) in [5, 5.41) is 13.0. The average Bonchev–Trinajstić information content (AvgIpc) is 2.46. The molecule has 1 N–H and O–H groups in total. The number of fused-ring (bicyclic) bond motifs is 1. The van der Waals surface area contributed by atoms with Gasteiger partial charge in [0, 0.05) is 21.0 Å². The molecule has 1 nitrogen and oxygen atoms in total. The lowest BCUT2D eigenvalue weighted by atomic mass is 10.2. The van der Waals surface area contributed by atoms with Gasteiger partial charge in [-0.05, 0) is 12.1 Å². The van der Waals surface area contributed by atoms with Crippen LogP contribution in [0, 0.1) is 0 Å². The van der Waals surface area contributed by atoms with E-state index >= 15 is 0 Å². The lowest BCUT2D eigenvalue weighted by Crippen LogP contribution is -1.78. The molecule has 0 aliphatic rings. The van der Waals surface area contributed by atoms with Crippen LogP contribution in [0.4, 0.5) is 0 Å². The molecule has 0 unspecified atom stereocenters. The van der Waals surface area contributed by atoms with Gasteiger partial charge in [-0.25, -0.2) is 0 Å². The van der Waals surface area contributed by atoms with Crippen LogP contribution in [0.1, 0.15) is 5.56 Å². The summed E-state index contributed by atoms with van der Waals surface area (Å²) in [6.07, 6.45) is 0. The second kappa shape index (κ2) is 3.37. The van der Waals surface area contributed by atoms with Gasteiger partial charge in [0.1, 0.15) is 5.75 Å². The predicted molar refractivity (Wildman–Crippen MR) is 58.1 cm³/mol. The highest BCUT2D eigenvalue weighted by Crippen LogP contribution is 2.34. The van der Waals surface area contributed by atoms with Gasteiger partial charge in [-0.15, -0.1) is 22.9 Å². The Morgan fingerprint density at radius 1 is 1.38 bits per heavy atom. The number of benzene rings is 1. The zero-order chi connectivity index (χ0) is 9.42. The maximum Gasteiger partial charge on any atom is 0.121 e. The van der Waals surface area contributed by atoms with Gasteiger partial charge >= 0.3 is 0 Å². The Labute approximate surface area is 89.5 Å². The Morgan fingerprint density at radius 2 is 2.15 bits per heavy atom. The lowest BCUT2D eigenvalue weighted by Gasteiger charge is -2.00. The first kappa shape index (κ1) is 9.13. The van der Waals surface area contributed by atoms with Crippen molar-refractivity contribution in [2.75, 3.05) is 0 Å². The molecule has 2 aromatic rings. The summed E-state index contributed by atoms with van der Waals surface area (Å²) in [5.41, 5.74) is 0.717. The van der Waals surface area contributed by atoms with Gasteiger partial charge in [0.15, 0.2) is 0 Å². The summed E-state index contributed by atoms with van der Waals surface area (Å²) in [6.45, 7) is 0. The molecule has 1 aromatic carbocycles. The van der Waals surface area contributed by atoms with Gasteiger partial charge in [-0.3, -0.25) is 0 Å². The molecule has 0 saturated heterocycles. The zero-order valence-electron chi connectivity index (χ0n) is 6.55. The van der Waals surface area contributed by atoms with E-state index < -0.39 is 0 Å². The SMILES string of the molecule is Oc1cc2scc(Cl)c2cc1CCl. The smallest absolute Gasteiger partial charge is 0.121 e. The summed E-state index contributed by atoms with van der Waals surface area (Å²) < 4.78 is 0.983. The van der Waals surface area contributed by atoms with Gasteiger partial charge in [-0.1, -0.05) is 11.6 Å². The van der Waals surface area contributed by atoms with Crippen molar-refractivity contribution in [2.45, 2.75) is 5.88 Å². The van der Waals surface area contributed by atoms with E-state index in [0.717, 1.165) is 15.6 Å². The van der Waals surface area contributed by atoms with Crippen LogP contribution in [-0.4, -0.2) is 5.11 Å². The van der Waals surface area contributed by atoms with Gasteiger partial charge in [-0.2, -0.15) is 0 Å². The van der Waals surface area contributed by atoms with Crippen LogP contribution in [0.5, 0.6) is 5.75 Å². The van der Waals surface area contributed by atoms with Crippen molar-refractivity contribution in [2.24, 2.45) is 0 Å². The highest BCUT2D eigenvalue weighted by molar-refractivity contribution is 7.17. The molecule has 1 heterocycles. The third kappa shape index (κ3) is 1.50. The highest BCUT2D eigenvalue weighted by Gasteiger charge is 2.06. The fraction of sp³-hybridized carbons (Fsp3) is 0.111. The van der Waals surface area contributed by atoms with E-state index in [0.29, 0.717) is 10.9 Å². The number of phenols is 1. The molecule has 0 fully saturated rings. The van der Waals surface area contributed by atoms with Gasteiger partial charge in [0.2, 0.25) is 0 Å². The Morgan fingerprint density at radius 3 is 2.85 bits per heavy atom. The van der Waals surface area contributed by atoms with Crippen LogP contribution in [0.25, 0.3) is 10.1 Å². The Balaban J connectivity index is 2.77. The number of thiophene rings is 1. The molecule has 68 valence electrons. The number of alkyl halides is 1. The molecule has 0 amide bonds. The Kier molecular flexibility index (Phi) is 2.37. The number of halogens is 2. The highest BCUT2D eigenvalue weighted by atomic mass is 35.5. The molecule has 0 saturated carbocycles. The Hall–Kier alpha value is -0.440. The first-order chi connectivity index (χ1) is 6.22. The summed E-state index contributed by atoms with van der Waals surface area (Å²) in [5.74, 6) is 0.537. The molecule has 0 bridgehead atoms. The molecule has 0 aliphatic carbocycles. The van der Waals surface area contributed by atoms with Crippen molar-refractivity contribution in [1.29, 1.82) is 0 Å². The first-order valence-corrected chi connectivity index (χ1v) is 5.46. The molecule has 13 heavy (non-hydrogen) atoms. The Bertz CT molecular complexity index is 450. The van der Waals surface area contributed by atoms with Crippen molar-refractivity contribution < 1.29 is 5.11 Å². The lowest BCUT2D eigenvalue weighted by molar-refractivity contribution is 0.471. The number of rotatable bonds is 1. The third-order valence-corrected chi connectivity index (χ3v) is 3.55. The standard InChI is InChI=1S/C9H6Cl2OS/c10-3-5-1-6-7(11)4-13-9(6)2-8(5)12/h1-2,4,12H,3H2. The number of hydrogen-bond donors (Lipinski definition) is 1. The number of aromatic hydroxyl groups is 1. The monoisotopic (exact) mass is 232 g/mol. The molecule has 1 aromatic heterocycles. The molecule has 0 spiro atoms. The summed E-state index contributed by atoms with van der Waals surface area (Å²) >= 11 is 13.1. The quantitative estimate of drug-likeness (QED) is 0.738. The van der Waals surface area contributed by atoms with Crippen molar-refractivity contribution in [3.05, 3.63) is 28.1 Å². The van der Waals surface area contributed by atoms with Crippen LogP contribution in [0.2, 0.25) is 5.02 Å². The van der Waals surface area contributed by atoms with E-state index in [2.05, 4.69) is 0 Å². The van der Waals surface area contributed by atoms with Gasteiger partial charge in [0.05, 0.1) is 10.9 Å². The van der Waals surface area contributed by atoms with E-state index in [-0.39, 0.29) is 5.75 Å². The molecular weight excluding hydrogens is 227 g/mol.